The Labute approximate surface area is 121 Å². The van der Waals surface area contributed by atoms with Gasteiger partial charge in [-0.15, -0.1) is 0 Å². The van der Waals surface area contributed by atoms with Gasteiger partial charge in [-0.05, 0) is 30.7 Å². The SMILES string of the molecule is O=C(CCCOc1ccc(Br)cc1)N1CC(CO)C1. The van der Waals surface area contributed by atoms with E-state index in [9.17, 15) is 4.79 Å². The van der Waals surface area contributed by atoms with Gasteiger partial charge in [-0.25, -0.2) is 0 Å². The van der Waals surface area contributed by atoms with Crippen LogP contribution >= 0.6 is 15.9 Å². The fourth-order valence-electron chi connectivity index (χ4n) is 1.99. The van der Waals surface area contributed by atoms with Gasteiger partial charge in [0, 0.05) is 36.5 Å². The second kappa shape index (κ2) is 6.91. The first-order chi connectivity index (χ1) is 9.19. The van der Waals surface area contributed by atoms with Crippen LogP contribution in [0, 0.1) is 5.92 Å². The average Bonchev–Trinajstić information content (AvgIpc) is 2.35. The first-order valence-corrected chi connectivity index (χ1v) is 7.25. The minimum Gasteiger partial charge on any atom is -0.494 e. The van der Waals surface area contributed by atoms with Crippen LogP contribution in [0.3, 0.4) is 0 Å². The standard InChI is InChI=1S/C14H18BrNO3/c15-12-3-5-13(6-4-12)19-7-1-2-14(18)16-8-11(9-16)10-17/h3-6,11,17H,1-2,7-10H2. The fraction of sp³-hybridized carbons (Fsp3) is 0.500. The number of likely N-dealkylation sites (tertiary alicyclic amines) is 1. The van der Waals surface area contributed by atoms with E-state index in [1.165, 1.54) is 0 Å². The molecular weight excluding hydrogens is 310 g/mol. The van der Waals surface area contributed by atoms with Gasteiger partial charge < -0.3 is 14.7 Å². The summed E-state index contributed by atoms with van der Waals surface area (Å²) in [5, 5.41) is 8.88. The van der Waals surface area contributed by atoms with Gasteiger partial charge in [-0.1, -0.05) is 15.9 Å². The molecule has 1 aromatic carbocycles. The molecular formula is C14H18BrNO3. The smallest absolute Gasteiger partial charge is 0.222 e. The van der Waals surface area contributed by atoms with Crippen LogP contribution < -0.4 is 4.74 Å². The van der Waals surface area contributed by atoms with Gasteiger partial charge in [0.2, 0.25) is 5.91 Å². The topological polar surface area (TPSA) is 49.8 Å². The molecule has 1 aromatic rings. The Hall–Kier alpha value is -1.07. The predicted molar refractivity (Wildman–Crippen MR) is 76.0 cm³/mol. The number of ether oxygens (including phenoxy) is 1. The highest BCUT2D eigenvalue weighted by atomic mass is 79.9. The number of carbonyl (C=O) groups excluding carboxylic acids is 1. The summed E-state index contributed by atoms with van der Waals surface area (Å²) >= 11 is 3.36. The van der Waals surface area contributed by atoms with E-state index in [1.807, 2.05) is 24.3 Å². The molecule has 1 amide bonds. The van der Waals surface area contributed by atoms with Crippen LogP contribution in [0.2, 0.25) is 0 Å². The maximum Gasteiger partial charge on any atom is 0.222 e. The molecule has 0 aliphatic carbocycles. The van der Waals surface area contributed by atoms with Crippen molar-refractivity contribution in [3.05, 3.63) is 28.7 Å². The maximum absolute atomic E-state index is 11.7. The van der Waals surface area contributed by atoms with Crippen molar-refractivity contribution in [3.63, 3.8) is 0 Å². The Bertz CT molecular complexity index is 415. The third kappa shape index (κ3) is 4.21. The van der Waals surface area contributed by atoms with Crippen molar-refractivity contribution in [1.29, 1.82) is 0 Å². The normalized spacial score (nSPS) is 15.2. The quantitative estimate of drug-likeness (QED) is 0.813. The number of carbonyl (C=O) groups is 1. The van der Waals surface area contributed by atoms with Crippen molar-refractivity contribution in [3.8, 4) is 5.75 Å². The number of rotatable bonds is 6. The molecule has 104 valence electrons. The molecule has 0 saturated carbocycles. The molecule has 1 fully saturated rings. The van der Waals surface area contributed by atoms with E-state index >= 15 is 0 Å². The van der Waals surface area contributed by atoms with Crippen molar-refractivity contribution in [2.24, 2.45) is 5.92 Å². The largest absolute Gasteiger partial charge is 0.494 e. The molecule has 5 heteroatoms. The van der Waals surface area contributed by atoms with Crippen molar-refractivity contribution in [2.75, 3.05) is 26.3 Å². The number of halogens is 1. The molecule has 1 heterocycles. The van der Waals surface area contributed by atoms with Crippen molar-refractivity contribution >= 4 is 21.8 Å². The highest BCUT2D eigenvalue weighted by molar-refractivity contribution is 9.10. The summed E-state index contributed by atoms with van der Waals surface area (Å²) in [6.45, 7) is 2.12. The highest BCUT2D eigenvalue weighted by Gasteiger charge is 2.29. The van der Waals surface area contributed by atoms with Crippen LogP contribution in [0.25, 0.3) is 0 Å². The molecule has 0 atom stereocenters. The summed E-state index contributed by atoms with van der Waals surface area (Å²) in [7, 11) is 0. The second-order valence-electron chi connectivity index (χ2n) is 4.75. The van der Waals surface area contributed by atoms with Crippen LogP contribution in [0.5, 0.6) is 5.75 Å². The lowest BCUT2D eigenvalue weighted by molar-refractivity contribution is -0.138. The van der Waals surface area contributed by atoms with Crippen molar-refractivity contribution < 1.29 is 14.6 Å². The Balaban J connectivity index is 1.59. The Morgan fingerprint density at radius 1 is 1.37 bits per heavy atom. The number of nitrogens with zero attached hydrogens (tertiary/aromatic N) is 1. The summed E-state index contributed by atoms with van der Waals surface area (Å²) in [5.41, 5.74) is 0. The Morgan fingerprint density at radius 2 is 2.05 bits per heavy atom. The van der Waals surface area contributed by atoms with E-state index < -0.39 is 0 Å². The van der Waals surface area contributed by atoms with Crippen LogP contribution in [0.4, 0.5) is 0 Å². The molecule has 19 heavy (non-hydrogen) atoms. The number of aliphatic hydroxyl groups is 1. The third-order valence-electron chi connectivity index (χ3n) is 3.19. The summed E-state index contributed by atoms with van der Waals surface area (Å²) in [6.07, 6.45) is 1.23. The summed E-state index contributed by atoms with van der Waals surface area (Å²) < 4.78 is 6.57. The third-order valence-corrected chi connectivity index (χ3v) is 3.71. The van der Waals surface area contributed by atoms with Crippen molar-refractivity contribution in [1.82, 2.24) is 4.90 Å². The lowest BCUT2D eigenvalue weighted by atomic mass is 10.0. The molecule has 0 unspecified atom stereocenters. The fourth-order valence-corrected chi connectivity index (χ4v) is 2.26. The van der Waals surface area contributed by atoms with E-state index in [0.29, 0.717) is 26.1 Å². The van der Waals surface area contributed by atoms with Gasteiger partial charge in [0.25, 0.3) is 0 Å². The molecule has 1 saturated heterocycles. The van der Waals surface area contributed by atoms with E-state index in [1.54, 1.807) is 4.90 Å². The first-order valence-electron chi connectivity index (χ1n) is 6.46. The van der Waals surface area contributed by atoms with Gasteiger partial charge in [-0.2, -0.15) is 0 Å². The summed E-state index contributed by atoms with van der Waals surface area (Å²) in [5.74, 6) is 1.26. The van der Waals surface area contributed by atoms with E-state index in [0.717, 1.165) is 16.6 Å². The van der Waals surface area contributed by atoms with Gasteiger partial charge in [-0.3, -0.25) is 4.79 Å². The number of aliphatic hydroxyl groups excluding tert-OH is 1. The molecule has 1 aliphatic heterocycles. The predicted octanol–water partition coefficient (Wildman–Crippen LogP) is 2.06. The zero-order valence-corrected chi connectivity index (χ0v) is 12.3. The molecule has 2 rings (SSSR count). The lowest BCUT2D eigenvalue weighted by Gasteiger charge is -2.38. The molecule has 1 aliphatic rings. The molecule has 0 bridgehead atoms. The number of amides is 1. The molecule has 0 radical (unpaired) electrons. The van der Waals surface area contributed by atoms with Gasteiger partial charge >= 0.3 is 0 Å². The van der Waals surface area contributed by atoms with Gasteiger partial charge in [0.05, 0.1) is 6.61 Å². The van der Waals surface area contributed by atoms with Crippen LogP contribution in [0.15, 0.2) is 28.7 Å². The number of hydrogen-bond acceptors (Lipinski definition) is 3. The number of benzene rings is 1. The zero-order valence-electron chi connectivity index (χ0n) is 10.7. The van der Waals surface area contributed by atoms with E-state index in [-0.39, 0.29) is 18.4 Å². The minimum atomic E-state index is 0.157. The maximum atomic E-state index is 11.7. The van der Waals surface area contributed by atoms with Gasteiger partial charge in [0.1, 0.15) is 5.75 Å². The summed E-state index contributed by atoms with van der Waals surface area (Å²) in [4.78, 5) is 13.5. The highest BCUT2D eigenvalue weighted by Crippen LogP contribution is 2.18. The van der Waals surface area contributed by atoms with E-state index in [2.05, 4.69) is 15.9 Å². The van der Waals surface area contributed by atoms with E-state index in [4.69, 9.17) is 9.84 Å². The summed E-state index contributed by atoms with van der Waals surface area (Å²) in [6, 6.07) is 7.64. The van der Waals surface area contributed by atoms with Crippen LogP contribution in [-0.4, -0.2) is 42.2 Å². The average molecular weight is 328 g/mol. The molecule has 0 aromatic heterocycles. The molecule has 1 N–H and O–H groups in total. The Morgan fingerprint density at radius 3 is 2.68 bits per heavy atom. The Kier molecular flexibility index (Phi) is 5.22. The lowest BCUT2D eigenvalue weighted by Crippen LogP contribution is -2.51. The second-order valence-corrected chi connectivity index (χ2v) is 5.67. The first kappa shape index (κ1) is 14.3. The monoisotopic (exact) mass is 327 g/mol. The van der Waals surface area contributed by atoms with Crippen molar-refractivity contribution in [2.45, 2.75) is 12.8 Å². The minimum absolute atomic E-state index is 0.157. The van der Waals surface area contributed by atoms with Crippen LogP contribution in [0.1, 0.15) is 12.8 Å². The van der Waals surface area contributed by atoms with Gasteiger partial charge in [0.15, 0.2) is 0 Å². The van der Waals surface area contributed by atoms with Crippen LogP contribution in [-0.2, 0) is 4.79 Å². The molecule has 4 nitrogen and oxygen atoms in total. The number of hydrogen-bond donors (Lipinski definition) is 1. The zero-order chi connectivity index (χ0) is 13.7. The molecule has 0 spiro atoms.